The van der Waals surface area contributed by atoms with Gasteiger partial charge < -0.3 is 15.0 Å². The van der Waals surface area contributed by atoms with Crippen LogP contribution in [0.25, 0.3) is 10.9 Å². The monoisotopic (exact) mass is 288 g/mol. The molecule has 0 saturated carbocycles. The molecule has 6 heteroatoms. The molecule has 0 aliphatic rings. The van der Waals surface area contributed by atoms with Crippen LogP contribution in [0.3, 0.4) is 0 Å². The van der Waals surface area contributed by atoms with Gasteiger partial charge in [-0.1, -0.05) is 18.2 Å². The SMILES string of the molecule is CCOC(=O)[C@@H](C)NC(=O)C(=O)c1c[nH]c2ccccc12. The van der Waals surface area contributed by atoms with Crippen LogP contribution in [0.2, 0.25) is 0 Å². The number of rotatable bonds is 5. The van der Waals surface area contributed by atoms with E-state index in [4.69, 9.17) is 4.74 Å². The minimum absolute atomic E-state index is 0.218. The smallest absolute Gasteiger partial charge is 0.328 e. The van der Waals surface area contributed by atoms with Crippen LogP contribution in [0, 0.1) is 0 Å². The highest BCUT2D eigenvalue weighted by Gasteiger charge is 2.24. The van der Waals surface area contributed by atoms with E-state index in [2.05, 4.69) is 10.3 Å². The van der Waals surface area contributed by atoms with Gasteiger partial charge in [-0.3, -0.25) is 9.59 Å². The van der Waals surface area contributed by atoms with E-state index < -0.39 is 23.7 Å². The zero-order valence-corrected chi connectivity index (χ0v) is 11.8. The van der Waals surface area contributed by atoms with Crippen LogP contribution >= 0.6 is 0 Å². The second-order valence-corrected chi connectivity index (χ2v) is 4.52. The molecule has 0 aliphatic heterocycles. The summed E-state index contributed by atoms with van der Waals surface area (Å²) in [7, 11) is 0. The van der Waals surface area contributed by atoms with Gasteiger partial charge in [0.2, 0.25) is 0 Å². The van der Waals surface area contributed by atoms with Crippen molar-refractivity contribution in [3.05, 3.63) is 36.0 Å². The first-order valence-corrected chi connectivity index (χ1v) is 6.62. The highest BCUT2D eigenvalue weighted by atomic mass is 16.5. The zero-order valence-electron chi connectivity index (χ0n) is 11.8. The van der Waals surface area contributed by atoms with Gasteiger partial charge in [-0.05, 0) is 19.9 Å². The lowest BCUT2D eigenvalue weighted by Gasteiger charge is -2.11. The Labute approximate surface area is 121 Å². The molecule has 0 radical (unpaired) electrons. The van der Waals surface area contributed by atoms with Gasteiger partial charge in [-0.25, -0.2) is 4.79 Å². The van der Waals surface area contributed by atoms with Gasteiger partial charge in [0.25, 0.3) is 11.7 Å². The lowest BCUT2D eigenvalue weighted by molar-refractivity contribution is -0.146. The van der Waals surface area contributed by atoms with Gasteiger partial charge >= 0.3 is 5.97 Å². The molecule has 2 N–H and O–H groups in total. The van der Waals surface area contributed by atoms with Crippen LogP contribution in [-0.4, -0.2) is 35.3 Å². The minimum Gasteiger partial charge on any atom is -0.464 e. The molecule has 0 bridgehead atoms. The number of H-pyrrole nitrogens is 1. The van der Waals surface area contributed by atoms with Gasteiger partial charge in [-0.2, -0.15) is 0 Å². The number of para-hydroxylation sites is 1. The summed E-state index contributed by atoms with van der Waals surface area (Å²) >= 11 is 0. The van der Waals surface area contributed by atoms with Crippen molar-refractivity contribution in [2.45, 2.75) is 19.9 Å². The molecule has 0 spiro atoms. The van der Waals surface area contributed by atoms with E-state index >= 15 is 0 Å². The average molecular weight is 288 g/mol. The Morgan fingerprint density at radius 2 is 2.00 bits per heavy atom. The predicted octanol–water partition coefficient (Wildman–Crippen LogP) is 1.42. The number of ether oxygens (including phenoxy) is 1. The third kappa shape index (κ3) is 3.10. The van der Waals surface area contributed by atoms with E-state index in [0.717, 1.165) is 5.52 Å². The number of carbonyl (C=O) groups is 3. The molecule has 21 heavy (non-hydrogen) atoms. The van der Waals surface area contributed by atoms with Crippen LogP contribution < -0.4 is 5.32 Å². The fraction of sp³-hybridized carbons (Fsp3) is 0.267. The summed E-state index contributed by atoms with van der Waals surface area (Å²) in [5, 5.41) is 3.01. The standard InChI is InChI=1S/C15H16N2O4/c1-3-21-15(20)9(2)17-14(19)13(18)11-8-16-12-7-5-4-6-10(11)12/h4-9,16H,3H2,1-2H3,(H,17,19)/t9-/m1/s1. The van der Waals surface area contributed by atoms with E-state index in [-0.39, 0.29) is 12.2 Å². The highest BCUT2D eigenvalue weighted by Crippen LogP contribution is 2.18. The quantitative estimate of drug-likeness (QED) is 0.495. The Morgan fingerprint density at radius 3 is 2.71 bits per heavy atom. The lowest BCUT2D eigenvalue weighted by Crippen LogP contribution is -2.42. The third-order valence-electron chi connectivity index (χ3n) is 3.03. The summed E-state index contributed by atoms with van der Waals surface area (Å²) in [6, 6.07) is 6.31. The molecule has 0 saturated heterocycles. The molecule has 0 fully saturated rings. The molecule has 1 aromatic heterocycles. The molecule has 6 nitrogen and oxygen atoms in total. The summed E-state index contributed by atoms with van der Waals surface area (Å²) in [4.78, 5) is 38.4. The second-order valence-electron chi connectivity index (χ2n) is 4.52. The van der Waals surface area contributed by atoms with Crippen molar-refractivity contribution in [3.63, 3.8) is 0 Å². The Bertz CT molecular complexity index is 690. The van der Waals surface area contributed by atoms with Crippen LogP contribution in [-0.2, 0) is 14.3 Å². The Hall–Kier alpha value is -2.63. The molecule has 1 amide bonds. The van der Waals surface area contributed by atoms with E-state index in [1.807, 2.05) is 12.1 Å². The number of Topliss-reactive ketones (excluding diaryl/α,β-unsaturated/α-hetero) is 1. The van der Waals surface area contributed by atoms with Gasteiger partial charge in [0.15, 0.2) is 0 Å². The molecular weight excluding hydrogens is 272 g/mol. The van der Waals surface area contributed by atoms with Crippen LogP contribution in [0.4, 0.5) is 0 Å². The maximum absolute atomic E-state index is 12.2. The maximum Gasteiger partial charge on any atom is 0.328 e. The minimum atomic E-state index is -0.869. The fourth-order valence-corrected chi connectivity index (χ4v) is 1.97. The maximum atomic E-state index is 12.2. The van der Waals surface area contributed by atoms with Crippen molar-refractivity contribution < 1.29 is 19.1 Å². The predicted molar refractivity (Wildman–Crippen MR) is 76.9 cm³/mol. The topological polar surface area (TPSA) is 88.3 Å². The number of ketones is 1. The summed E-state index contributed by atoms with van der Waals surface area (Å²) in [6.45, 7) is 3.36. The molecule has 2 aromatic rings. The number of aromatic amines is 1. The van der Waals surface area contributed by atoms with Gasteiger partial charge in [0.05, 0.1) is 12.2 Å². The molecular formula is C15H16N2O4. The molecule has 2 rings (SSSR count). The number of hydrogen-bond acceptors (Lipinski definition) is 4. The summed E-state index contributed by atoms with van der Waals surface area (Å²) in [6.07, 6.45) is 1.49. The van der Waals surface area contributed by atoms with E-state index in [1.54, 1.807) is 19.1 Å². The molecule has 1 heterocycles. The Balaban J connectivity index is 2.13. The van der Waals surface area contributed by atoms with Crippen LogP contribution in [0.15, 0.2) is 30.5 Å². The molecule has 110 valence electrons. The lowest BCUT2D eigenvalue weighted by atomic mass is 10.1. The zero-order chi connectivity index (χ0) is 15.4. The van der Waals surface area contributed by atoms with Crippen molar-refractivity contribution >= 4 is 28.6 Å². The van der Waals surface area contributed by atoms with Gasteiger partial charge in [0.1, 0.15) is 6.04 Å². The van der Waals surface area contributed by atoms with E-state index in [9.17, 15) is 14.4 Å². The highest BCUT2D eigenvalue weighted by molar-refractivity contribution is 6.45. The van der Waals surface area contributed by atoms with E-state index in [0.29, 0.717) is 5.39 Å². The molecule has 0 aliphatic carbocycles. The first-order valence-electron chi connectivity index (χ1n) is 6.62. The summed E-state index contributed by atoms with van der Waals surface area (Å²) in [5.74, 6) is -2.10. The first kappa shape index (κ1) is 14.8. The number of carbonyl (C=O) groups excluding carboxylic acids is 3. The van der Waals surface area contributed by atoms with Gasteiger partial charge in [-0.15, -0.1) is 0 Å². The third-order valence-corrected chi connectivity index (χ3v) is 3.03. The van der Waals surface area contributed by atoms with Gasteiger partial charge in [0, 0.05) is 17.1 Å². The largest absolute Gasteiger partial charge is 0.464 e. The van der Waals surface area contributed by atoms with Crippen molar-refractivity contribution in [1.29, 1.82) is 0 Å². The van der Waals surface area contributed by atoms with Crippen molar-refractivity contribution in [2.24, 2.45) is 0 Å². The number of esters is 1. The van der Waals surface area contributed by atoms with Crippen molar-refractivity contribution in [3.8, 4) is 0 Å². The number of nitrogens with one attached hydrogen (secondary N) is 2. The average Bonchev–Trinajstić information content (AvgIpc) is 2.90. The number of hydrogen-bond donors (Lipinski definition) is 2. The summed E-state index contributed by atoms with van der Waals surface area (Å²) in [5.41, 5.74) is 1.05. The molecule has 1 atom stereocenters. The normalized spacial score (nSPS) is 11.9. The number of benzene rings is 1. The van der Waals surface area contributed by atoms with Crippen molar-refractivity contribution in [1.82, 2.24) is 10.3 Å². The van der Waals surface area contributed by atoms with Crippen LogP contribution in [0.1, 0.15) is 24.2 Å². The second kappa shape index (κ2) is 6.21. The number of fused-ring (bicyclic) bond motifs is 1. The van der Waals surface area contributed by atoms with Crippen LogP contribution in [0.5, 0.6) is 0 Å². The Kier molecular flexibility index (Phi) is 4.37. The molecule has 1 aromatic carbocycles. The molecule has 0 unspecified atom stereocenters. The fourth-order valence-electron chi connectivity index (χ4n) is 1.97. The van der Waals surface area contributed by atoms with E-state index in [1.165, 1.54) is 13.1 Å². The number of aromatic nitrogens is 1. The first-order chi connectivity index (χ1) is 10.0. The summed E-state index contributed by atoms with van der Waals surface area (Å²) < 4.78 is 4.77. The Morgan fingerprint density at radius 1 is 1.29 bits per heavy atom. The van der Waals surface area contributed by atoms with Crippen molar-refractivity contribution in [2.75, 3.05) is 6.61 Å². The number of amides is 1.